The highest BCUT2D eigenvalue weighted by molar-refractivity contribution is 7.81. The molecule has 0 aromatic heterocycles. The fourth-order valence-electron chi connectivity index (χ4n) is 4.12. The Kier molecular flexibility index (Phi) is 9.72. The van der Waals surface area contributed by atoms with Gasteiger partial charge in [-0.2, -0.15) is 0 Å². The molecule has 3 saturated heterocycles. The summed E-state index contributed by atoms with van der Waals surface area (Å²) in [5, 5.41) is 107. The van der Waals surface area contributed by atoms with Crippen LogP contribution >= 0.6 is 12.6 Å². The van der Waals surface area contributed by atoms with Crippen molar-refractivity contribution in [2.24, 2.45) is 0 Å². The van der Waals surface area contributed by atoms with Crippen LogP contribution in [-0.2, 0) is 23.7 Å². The molecule has 0 bridgehead atoms. The predicted octanol–water partition coefficient (Wildman–Crippen LogP) is -7.32. The second kappa shape index (κ2) is 11.6. The molecule has 0 spiro atoms. The molecule has 3 aliphatic heterocycles. The second-order valence-electron chi connectivity index (χ2n) is 8.51. The van der Waals surface area contributed by atoms with Crippen molar-refractivity contribution in [2.75, 3.05) is 19.8 Å². The van der Waals surface area contributed by atoms with Crippen LogP contribution < -0.4 is 0 Å². The van der Waals surface area contributed by atoms with Gasteiger partial charge in [0.2, 0.25) is 5.12 Å². The van der Waals surface area contributed by atoms with Gasteiger partial charge in [-0.3, -0.25) is 0 Å². The highest BCUT2D eigenvalue weighted by Crippen LogP contribution is 2.38. The number of aliphatic hydroxyl groups is 11. The molecule has 11 N–H and O–H groups in total. The van der Waals surface area contributed by atoms with Gasteiger partial charge in [0.25, 0.3) is 0 Å². The molecule has 15 atom stereocenters. The van der Waals surface area contributed by atoms with E-state index < -0.39 is 111 Å². The highest BCUT2D eigenvalue weighted by Gasteiger charge is 2.57. The smallest absolute Gasteiger partial charge is 0.245 e. The van der Waals surface area contributed by atoms with E-state index in [0.717, 1.165) is 0 Å². The third-order valence-electron chi connectivity index (χ3n) is 6.18. The summed E-state index contributed by atoms with van der Waals surface area (Å²) in [4.78, 5) is 0. The zero-order valence-corrected chi connectivity index (χ0v) is 19.0. The molecular formula is C18H32O16S. The van der Waals surface area contributed by atoms with Crippen molar-refractivity contribution >= 4 is 12.6 Å². The van der Waals surface area contributed by atoms with E-state index >= 15 is 0 Å². The topological polar surface area (TPSA) is 269 Å². The van der Waals surface area contributed by atoms with Gasteiger partial charge >= 0.3 is 0 Å². The van der Waals surface area contributed by atoms with Gasteiger partial charge in [0, 0.05) is 0 Å². The molecule has 0 radical (unpaired) electrons. The SMILES string of the molecule is OC[C@H]1OC(S)(O[C@H]2[C@H](O)[C@@H](O)C(O[C@H]3[C@H](O)[C@@H](O)[C@@H](O)O[C@@H]3CO)O[C@@H]2CO)[C@H](O)[C@@H](O)[C@@H]1O. The minimum Gasteiger partial charge on any atom is -0.394 e. The van der Waals surface area contributed by atoms with Crippen LogP contribution in [0.5, 0.6) is 0 Å². The van der Waals surface area contributed by atoms with Crippen LogP contribution in [-0.4, -0.2) is 167 Å². The number of aliphatic hydroxyl groups excluding tert-OH is 11. The molecule has 3 aliphatic rings. The molecule has 16 nitrogen and oxygen atoms in total. The lowest BCUT2D eigenvalue weighted by atomic mass is 9.96. The monoisotopic (exact) mass is 536 g/mol. The first-order valence-corrected chi connectivity index (χ1v) is 11.2. The molecule has 206 valence electrons. The van der Waals surface area contributed by atoms with Crippen LogP contribution in [0.15, 0.2) is 0 Å². The van der Waals surface area contributed by atoms with E-state index in [-0.39, 0.29) is 0 Å². The second-order valence-corrected chi connectivity index (χ2v) is 9.14. The van der Waals surface area contributed by atoms with Crippen molar-refractivity contribution in [1.82, 2.24) is 0 Å². The molecule has 0 amide bonds. The number of ether oxygens (including phenoxy) is 5. The van der Waals surface area contributed by atoms with Gasteiger partial charge in [0.1, 0.15) is 73.2 Å². The lowest BCUT2D eigenvalue weighted by Gasteiger charge is -2.50. The van der Waals surface area contributed by atoms with E-state index in [2.05, 4.69) is 12.6 Å². The molecule has 3 fully saturated rings. The molecule has 3 heterocycles. The van der Waals surface area contributed by atoms with Crippen molar-refractivity contribution in [3.63, 3.8) is 0 Å². The van der Waals surface area contributed by atoms with Crippen LogP contribution in [0.2, 0.25) is 0 Å². The van der Waals surface area contributed by atoms with E-state index in [1.165, 1.54) is 0 Å². The molecule has 0 aromatic rings. The maximum absolute atomic E-state index is 10.7. The average molecular weight is 537 g/mol. The minimum absolute atomic E-state index is 0.774. The summed E-state index contributed by atoms with van der Waals surface area (Å²) in [6, 6.07) is 0. The zero-order chi connectivity index (χ0) is 26.2. The summed E-state index contributed by atoms with van der Waals surface area (Å²) in [5.41, 5.74) is 0. The van der Waals surface area contributed by atoms with Crippen LogP contribution in [0.4, 0.5) is 0 Å². The summed E-state index contributed by atoms with van der Waals surface area (Å²) in [5.74, 6) is 0. The maximum Gasteiger partial charge on any atom is 0.245 e. The average Bonchev–Trinajstić information content (AvgIpc) is 2.84. The highest BCUT2D eigenvalue weighted by atomic mass is 32.1. The Bertz CT molecular complexity index is 685. The van der Waals surface area contributed by atoms with E-state index in [1.54, 1.807) is 0 Å². The van der Waals surface area contributed by atoms with Gasteiger partial charge in [-0.05, 0) is 0 Å². The van der Waals surface area contributed by atoms with Crippen LogP contribution in [0.25, 0.3) is 0 Å². The molecule has 2 unspecified atom stereocenters. The number of hydrogen-bond acceptors (Lipinski definition) is 17. The Morgan fingerprint density at radius 1 is 0.629 bits per heavy atom. The van der Waals surface area contributed by atoms with Crippen molar-refractivity contribution < 1.29 is 79.9 Å². The Morgan fingerprint density at radius 2 is 1.17 bits per heavy atom. The van der Waals surface area contributed by atoms with Crippen LogP contribution in [0.3, 0.4) is 0 Å². The molecule has 3 rings (SSSR count). The van der Waals surface area contributed by atoms with Crippen molar-refractivity contribution in [1.29, 1.82) is 0 Å². The van der Waals surface area contributed by atoms with Gasteiger partial charge in [0.15, 0.2) is 12.6 Å². The number of rotatable bonds is 7. The molecule has 0 aliphatic carbocycles. The van der Waals surface area contributed by atoms with Gasteiger partial charge in [-0.25, -0.2) is 0 Å². The quantitative estimate of drug-likeness (QED) is 0.106. The van der Waals surface area contributed by atoms with Gasteiger partial charge < -0.3 is 79.9 Å². The first-order valence-electron chi connectivity index (χ1n) is 10.7. The Hall–Kier alpha value is -0.290. The Balaban J connectivity index is 1.76. The number of thiol groups is 1. The molecule has 0 saturated carbocycles. The molecule has 0 aromatic carbocycles. The first kappa shape index (κ1) is 29.3. The molecule has 35 heavy (non-hydrogen) atoms. The normalized spacial score (nSPS) is 53.5. The van der Waals surface area contributed by atoms with E-state index in [1.807, 2.05) is 0 Å². The van der Waals surface area contributed by atoms with Crippen LogP contribution in [0, 0.1) is 0 Å². The minimum atomic E-state index is -2.45. The van der Waals surface area contributed by atoms with Crippen molar-refractivity contribution in [2.45, 2.75) is 90.9 Å². The van der Waals surface area contributed by atoms with Gasteiger partial charge in [0.05, 0.1) is 19.8 Å². The van der Waals surface area contributed by atoms with E-state index in [0.29, 0.717) is 0 Å². The lowest BCUT2D eigenvalue weighted by Crippen LogP contribution is -2.69. The van der Waals surface area contributed by atoms with E-state index in [9.17, 15) is 56.2 Å². The largest absolute Gasteiger partial charge is 0.394 e. The zero-order valence-electron chi connectivity index (χ0n) is 18.1. The summed E-state index contributed by atoms with van der Waals surface area (Å²) >= 11 is 4.03. The maximum atomic E-state index is 10.7. The number of hydrogen-bond donors (Lipinski definition) is 12. The van der Waals surface area contributed by atoms with Crippen molar-refractivity contribution in [3.8, 4) is 0 Å². The molecule has 17 heteroatoms. The van der Waals surface area contributed by atoms with Crippen molar-refractivity contribution in [3.05, 3.63) is 0 Å². The first-order chi connectivity index (χ1) is 16.4. The van der Waals surface area contributed by atoms with Gasteiger partial charge in [-0.15, -0.1) is 12.6 Å². The summed E-state index contributed by atoms with van der Waals surface area (Å²) in [7, 11) is 0. The predicted molar refractivity (Wildman–Crippen MR) is 109 cm³/mol. The Morgan fingerprint density at radius 3 is 1.74 bits per heavy atom. The third kappa shape index (κ3) is 5.61. The summed E-state index contributed by atoms with van der Waals surface area (Å²) in [6.07, 6.45) is -24.3. The summed E-state index contributed by atoms with van der Waals surface area (Å²) < 4.78 is 26.5. The van der Waals surface area contributed by atoms with Crippen LogP contribution in [0.1, 0.15) is 0 Å². The summed E-state index contributed by atoms with van der Waals surface area (Å²) in [6.45, 7) is -2.44. The fraction of sp³-hybridized carbons (Fsp3) is 1.00. The van der Waals surface area contributed by atoms with Gasteiger partial charge in [-0.1, -0.05) is 0 Å². The van der Waals surface area contributed by atoms with E-state index in [4.69, 9.17) is 23.7 Å². The lowest BCUT2D eigenvalue weighted by molar-refractivity contribution is -0.385. The fourth-order valence-corrected chi connectivity index (χ4v) is 4.53. The third-order valence-corrected chi connectivity index (χ3v) is 6.66. The molecular weight excluding hydrogens is 504 g/mol. The Labute approximate surface area is 203 Å². The standard InChI is InChI=1S/C18H32O16S/c19-1-4-7(22)10(25)15(28)18(35,33-4)34-14-6(3-21)31-17(12(27)9(14)24)32-13-5(2-20)30-16(29)11(26)8(13)23/h4-17,19-29,35H,1-3H2/t4-,5-,6-,7-,8-,9-,10+,11-,12-,13-,14-,15-,16+,17?,18?/m1/s1.